The van der Waals surface area contributed by atoms with Crippen LogP contribution in [0.3, 0.4) is 0 Å². The van der Waals surface area contributed by atoms with Crippen LogP contribution in [-0.4, -0.2) is 24.5 Å². The first-order chi connectivity index (χ1) is 31.2. The van der Waals surface area contributed by atoms with Crippen molar-refractivity contribution in [2.24, 2.45) is 0 Å². The van der Waals surface area contributed by atoms with Gasteiger partial charge in [-0.2, -0.15) is 0 Å². The smallest absolute Gasteiger partial charge is 0.164 e. The number of pyridine rings is 1. The molecule has 5 nitrogen and oxygen atoms in total. The van der Waals surface area contributed by atoms with Crippen LogP contribution >= 0.6 is 0 Å². The lowest BCUT2D eigenvalue weighted by Crippen LogP contribution is -2.00. The molecule has 12 aromatic rings. The van der Waals surface area contributed by atoms with Crippen LogP contribution in [-0.2, 0) is 0 Å². The third-order valence-corrected chi connectivity index (χ3v) is 12.0. The standard InChI is InChI=1S/C58H37N5/c1-5-17-40(18-6-1)54-53-47(35-36-51-52(53)49-27-13-14-30-50(49)63(51)45-25-11-4-12-26-45)48-29-16-28-46(55(48)59-54)39-33-31-38(32-34-39)43-23-15-24-44(37-43)58-61-56(41-19-7-2-8-20-41)60-57(62-58)42-21-9-3-10-22-42/h1-37H. The van der Waals surface area contributed by atoms with Crippen LogP contribution in [0.15, 0.2) is 224 Å². The molecule has 0 spiro atoms. The molecule has 0 bridgehead atoms. The summed E-state index contributed by atoms with van der Waals surface area (Å²) in [5, 5.41) is 5.89. The zero-order valence-corrected chi connectivity index (χ0v) is 34.1. The highest BCUT2D eigenvalue weighted by molar-refractivity contribution is 6.29. The van der Waals surface area contributed by atoms with E-state index in [1.165, 1.54) is 21.7 Å². The van der Waals surface area contributed by atoms with E-state index in [-0.39, 0.29) is 0 Å². The van der Waals surface area contributed by atoms with E-state index in [4.69, 9.17) is 19.9 Å². The molecule has 0 N–H and O–H groups in total. The molecule has 5 heteroatoms. The van der Waals surface area contributed by atoms with E-state index < -0.39 is 0 Å². The van der Waals surface area contributed by atoms with Crippen LogP contribution in [0.25, 0.3) is 117 Å². The lowest BCUT2D eigenvalue weighted by Gasteiger charge is -2.15. The Bertz CT molecular complexity index is 3580. The van der Waals surface area contributed by atoms with Crippen molar-refractivity contribution in [3.8, 4) is 73.4 Å². The molecule has 0 radical (unpaired) electrons. The SMILES string of the molecule is c1ccc(-c2nc(-c3ccccc3)nc(-c3cccc(-c4ccc(-c5cccc6c5nc(-c5ccccc5)c5c6ccc6c5c5ccccc5n6-c5ccccc5)cc4)c3)n2)cc1. The van der Waals surface area contributed by atoms with E-state index in [2.05, 4.69) is 168 Å². The Morgan fingerprint density at radius 3 is 1.49 bits per heavy atom. The monoisotopic (exact) mass is 803 g/mol. The van der Waals surface area contributed by atoms with E-state index in [0.29, 0.717) is 17.5 Å². The molecular weight excluding hydrogens is 767 g/mol. The highest BCUT2D eigenvalue weighted by atomic mass is 15.0. The number of nitrogens with zero attached hydrogens (tertiary/aromatic N) is 5. The molecule has 63 heavy (non-hydrogen) atoms. The fourth-order valence-electron chi connectivity index (χ4n) is 9.09. The zero-order valence-electron chi connectivity index (χ0n) is 34.1. The number of fused-ring (bicyclic) bond motifs is 7. The highest BCUT2D eigenvalue weighted by Gasteiger charge is 2.21. The number of hydrogen-bond donors (Lipinski definition) is 0. The minimum Gasteiger partial charge on any atom is -0.309 e. The Balaban J connectivity index is 0.985. The van der Waals surface area contributed by atoms with Crippen molar-refractivity contribution >= 4 is 43.5 Å². The summed E-state index contributed by atoms with van der Waals surface area (Å²) in [6, 6.07) is 78.6. The molecule has 0 atom stereocenters. The maximum absolute atomic E-state index is 5.64. The van der Waals surface area contributed by atoms with E-state index >= 15 is 0 Å². The molecule has 3 aromatic heterocycles. The fourth-order valence-corrected chi connectivity index (χ4v) is 9.09. The third-order valence-electron chi connectivity index (χ3n) is 12.0. The lowest BCUT2D eigenvalue weighted by molar-refractivity contribution is 1.07. The first kappa shape index (κ1) is 36.3. The maximum Gasteiger partial charge on any atom is 0.164 e. The van der Waals surface area contributed by atoms with E-state index in [0.717, 1.165) is 77.7 Å². The van der Waals surface area contributed by atoms with Gasteiger partial charge in [0.1, 0.15) is 0 Å². The molecule has 0 amide bonds. The largest absolute Gasteiger partial charge is 0.309 e. The number of benzene rings is 9. The molecule has 0 aliphatic rings. The summed E-state index contributed by atoms with van der Waals surface area (Å²) < 4.78 is 2.38. The molecule has 0 saturated heterocycles. The molecule has 0 aliphatic carbocycles. The summed E-state index contributed by atoms with van der Waals surface area (Å²) >= 11 is 0. The minimum atomic E-state index is 0.631. The second-order valence-corrected chi connectivity index (χ2v) is 15.8. The van der Waals surface area contributed by atoms with Gasteiger partial charge in [0.15, 0.2) is 17.5 Å². The summed E-state index contributed by atoms with van der Waals surface area (Å²) in [6.07, 6.45) is 0. The highest BCUT2D eigenvalue weighted by Crippen LogP contribution is 2.44. The molecular formula is C58H37N5. The molecule has 0 aliphatic heterocycles. The van der Waals surface area contributed by atoms with Gasteiger partial charge in [-0.1, -0.05) is 194 Å². The normalized spacial score (nSPS) is 11.5. The van der Waals surface area contributed by atoms with Crippen molar-refractivity contribution in [1.82, 2.24) is 24.5 Å². The predicted octanol–water partition coefficient (Wildman–Crippen LogP) is 14.7. The average molecular weight is 804 g/mol. The van der Waals surface area contributed by atoms with Crippen LogP contribution in [0.2, 0.25) is 0 Å². The summed E-state index contributed by atoms with van der Waals surface area (Å²) in [5.41, 5.74) is 13.7. The summed E-state index contributed by atoms with van der Waals surface area (Å²) in [7, 11) is 0. The van der Waals surface area contributed by atoms with Crippen molar-refractivity contribution in [1.29, 1.82) is 0 Å². The number of para-hydroxylation sites is 3. The van der Waals surface area contributed by atoms with Crippen molar-refractivity contribution in [2.45, 2.75) is 0 Å². The molecule has 12 rings (SSSR count). The van der Waals surface area contributed by atoms with E-state index in [1.54, 1.807) is 0 Å². The van der Waals surface area contributed by atoms with Gasteiger partial charge >= 0.3 is 0 Å². The van der Waals surface area contributed by atoms with Gasteiger partial charge < -0.3 is 4.57 Å². The van der Waals surface area contributed by atoms with Gasteiger partial charge in [0.05, 0.1) is 22.2 Å². The van der Waals surface area contributed by atoms with Crippen molar-refractivity contribution in [2.75, 3.05) is 0 Å². The van der Waals surface area contributed by atoms with Gasteiger partial charge in [-0.15, -0.1) is 0 Å². The number of rotatable bonds is 7. The van der Waals surface area contributed by atoms with Gasteiger partial charge in [-0.25, -0.2) is 19.9 Å². The second kappa shape index (κ2) is 15.2. The van der Waals surface area contributed by atoms with Gasteiger partial charge in [0.2, 0.25) is 0 Å². The maximum atomic E-state index is 5.64. The quantitative estimate of drug-likeness (QED) is 0.151. The second-order valence-electron chi connectivity index (χ2n) is 15.8. The van der Waals surface area contributed by atoms with Crippen LogP contribution in [0, 0.1) is 0 Å². The van der Waals surface area contributed by atoms with Gasteiger partial charge in [-0.05, 0) is 52.4 Å². The minimum absolute atomic E-state index is 0.631. The van der Waals surface area contributed by atoms with Gasteiger partial charge in [0.25, 0.3) is 0 Å². The number of aromatic nitrogens is 5. The zero-order chi connectivity index (χ0) is 41.7. The van der Waals surface area contributed by atoms with Crippen molar-refractivity contribution in [3.05, 3.63) is 224 Å². The van der Waals surface area contributed by atoms with Crippen molar-refractivity contribution < 1.29 is 0 Å². The Morgan fingerprint density at radius 2 is 0.810 bits per heavy atom. The Labute approximate surface area is 364 Å². The molecule has 3 heterocycles. The summed E-state index contributed by atoms with van der Waals surface area (Å²) in [4.78, 5) is 20.5. The summed E-state index contributed by atoms with van der Waals surface area (Å²) in [6.45, 7) is 0. The average Bonchev–Trinajstić information content (AvgIpc) is 3.71. The first-order valence-electron chi connectivity index (χ1n) is 21.2. The van der Waals surface area contributed by atoms with E-state index in [9.17, 15) is 0 Å². The molecule has 0 fully saturated rings. The van der Waals surface area contributed by atoms with E-state index in [1.807, 2.05) is 60.7 Å². The lowest BCUT2D eigenvalue weighted by atomic mass is 9.93. The van der Waals surface area contributed by atoms with Crippen LogP contribution < -0.4 is 0 Å². The molecule has 9 aromatic carbocycles. The molecule has 0 unspecified atom stereocenters. The fraction of sp³-hybridized carbons (Fsp3) is 0. The summed E-state index contributed by atoms with van der Waals surface area (Å²) in [5.74, 6) is 1.92. The topological polar surface area (TPSA) is 56.5 Å². The Kier molecular flexibility index (Phi) is 8.75. The van der Waals surface area contributed by atoms with Crippen molar-refractivity contribution in [3.63, 3.8) is 0 Å². The first-order valence-corrected chi connectivity index (χ1v) is 21.2. The van der Waals surface area contributed by atoms with Gasteiger partial charge in [-0.3, -0.25) is 0 Å². The third kappa shape index (κ3) is 6.34. The molecule has 0 saturated carbocycles. The Hall–Kier alpha value is -8.54. The molecule has 294 valence electrons. The van der Waals surface area contributed by atoms with Crippen LogP contribution in [0.5, 0.6) is 0 Å². The number of hydrogen-bond acceptors (Lipinski definition) is 4. The Morgan fingerprint density at radius 1 is 0.286 bits per heavy atom. The van der Waals surface area contributed by atoms with Gasteiger partial charge in [0, 0.05) is 55.0 Å². The van der Waals surface area contributed by atoms with Crippen LogP contribution in [0.4, 0.5) is 0 Å². The predicted molar refractivity (Wildman–Crippen MR) is 260 cm³/mol. The van der Waals surface area contributed by atoms with Crippen LogP contribution in [0.1, 0.15) is 0 Å².